The van der Waals surface area contributed by atoms with Crippen LogP contribution in [-0.4, -0.2) is 14.5 Å². The third-order valence-electron chi connectivity index (χ3n) is 7.97. The molecule has 8 aromatic rings. The normalized spacial score (nSPS) is 10.7. The van der Waals surface area contributed by atoms with Gasteiger partial charge in [0.15, 0.2) is 0 Å². The number of pyridine rings is 2. The van der Waals surface area contributed by atoms with Crippen LogP contribution in [0.2, 0.25) is 0 Å². The van der Waals surface area contributed by atoms with E-state index in [2.05, 4.69) is 119 Å². The molecule has 0 spiro atoms. The Bertz CT molecular complexity index is 2220. The number of para-hydroxylation sites is 2. The molecule has 0 atom stereocenters. The molecule has 0 unspecified atom stereocenters. The van der Waals surface area contributed by atoms with E-state index in [1.54, 1.807) is 0 Å². The minimum atomic E-state index is 0. The van der Waals surface area contributed by atoms with Crippen LogP contribution in [0.3, 0.4) is 0 Å². The number of nitrogens with zero attached hydrogens (tertiary/aromatic N) is 3. The number of benzene rings is 5. The second-order valence-electron chi connectivity index (χ2n) is 11.0. The van der Waals surface area contributed by atoms with Crippen LogP contribution in [0.4, 0.5) is 0 Å². The molecule has 0 saturated carbocycles. The van der Waals surface area contributed by atoms with Crippen molar-refractivity contribution in [2.24, 2.45) is 0 Å². The minimum absolute atomic E-state index is 0. The maximum Gasteiger partial charge on any atom is 0.0541 e. The third kappa shape index (κ3) is 6.32. The average molecular weight is 770 g/mol. The minimum Gasteiger partial charge on any atom is -0.309 e. The van der Waals surface area contributed by atoms with Gasteiger partial charge in [-0.25, -0.2) is 0 Å². The third-order valence-corrected chi connectivity index (χ3v) is 7.97. The van der Waals surface area contributed by atoms with Gasteiger partial charge in [-0.15, -0.1) is 65.2 Å². The molecule has 0 N–H and O–H groups in total. The molecule has 0 fully saturated rings. The largest absolute Gasteiger partial charge is 0.309 e. The molecular formula is C42H31IrN3-2. The number of hydrogen-bond acceptors (Lipinski definition) is 2. The predicted molar refractivity (Wildman–Crippen MR) is 186 cm³/mol. The molecule has 0 amide bonds. The average Bonchev–Trinajstić information content (AvgIpc) is 3.44. The molecule has 0 saturated heterocycles. The van der Waals surface area contributed by atoms with Crippen LogP contribution in [0.15, 0.2) is 152 Å². The molecule has 0 aliphatic rings. The maximum atomic E-state index is 4.51. The fourth-order valence-electron chi connectivity index (χ4n) is 5.79. The van der Waals surface area contributed by atoms with Gasteiger partial charge in [-0.2, -0.15) is 0 Å². The van der Waals surface area contributed by atoms with Crippen molar-refractivity contribution in [1.29, 1.82) is 0 Å². The molecule has 0 aliphatic heterocycles. The molecule has 3 aromatic heterocycles. The van der Waals surface area contributed by atoms with Gasteiger partial charge in [0.1, 0.15) is 0 Å². The van der Waals surface area contributed by atoms with Crippen LogP contribution < -0.4 is 0 Å². The summed E-state index contributed by atoms with van der Waals surface area (Å²) in [5.41, 5.74) is 12.3. The van der Waals surface area contributed by atoms with Crippen molar-refractivity contribution >= 4 is 21.8 Å². The van der Waals surface area contributed by atoms with E-state index in [-0.39, 0.29) is 20.1 Å². The van der Waals surface area contributed by atoms with Gasteiger partial charge in [0.05, 0.1) is 11.0 Å². The Morgan fingerprint density at radius 1 is 0.587 bits per heavy atom. The summed E-state index contributed by atoms with van der Waals surface area (Å²) >= 11 is 0. The predicted octanol–water partition coefficient (Wildman–Crippen LogP) is 10.5. The van der Waals surface area contributed by atoms with Crippen molar-refractivity contribution < 1.29 is 20.1 Å². The van der Waals surface area contributed by atoms with Gasteiger partial charge < -0.3 is 14.5 Å². The Morgan fingerprint density at radius 3 is 2.13 bits per heavy atom. The van der Waals surface area contributed by atoms with Gasteiger partial charge >= 0.3 is 0 Å². The molecule has 0 aliphatic carbocycles. The summed E-state index contributed by atoms with van der Waals surface area (Å²) in [6, 6.07) is 56.7. The quantitative estimate of drug-likeness (QED) is 0.167. The van der Waals surface area contributed by atoms with E-state index in [4.69, 9.17) is 0 Å². The van der Waals surface area contributed by atoms with E-state index in [9.17, 15) is 0 Å². The summed E-state index contributed by atoms with van der Waals surface area (Å²) in [4.78, 5) is 8.92. The van der Waals surface area contributed by atoms with Crippen molar-refractivity contribution in [3.63, 3.8) is 0 Å². The van der Waals surface area contributed by atoms with Gasteiger partial charge in [-0.1, -0.05) is 79.2 Å². The molecule has 5 aromatic carbocycles. The van der Waals surface area contributed by atoms with Crippen LogP contribution in [-0.2, 0) is 20.1 Å². The Kier molecular flexibility index (Phi) is 9.30. The monoisotopic (exact) mass is 770 g/mol. The van der Waals surface area contributed by atoms with Crippen molar-refractivity contribution in [2.75, 3.05) is 0 Å². The Labute approximate surface area is 283 Å². The van der Waals surface area contributed by atoms with Crippen molar-refractivity contribution in [3.05, 3.63) is 175 Å². The molecular weight excluding hydrogens is 739 g/mol. The number of aryl methyl sites for hydroxylation is 2. The summed E-state index contributed by atoms with van der Waals surface area (Å²) in [6.45, 7) is 4.14. The van der Waals surface area contributed by atoms with Gasteiger partial charge in [0.2, 0.25) is 0 Å². The molecule has 8 rings (SSSR count). The van der Waals surface area contributed by atoms with Crippen LogP contribution >= 0.6 is 0 Å². The first-order chi connectivity index (χ1) is 22.2. The second-order valence-corrected chi connectivity index (χ2v) is 11.0. The number of aromatic nitrogens is 3. The van der Waals surface area contributed by atoms with Gasteiger partial charge in [0, 0.05) is 48.5 Å². The fourth-order valence-corrected chi connectivity index (χ4v) is 5.79. The molecule has 3 nitrogen and oxygen atoms in total. The molecule has 0 bridgehead atoms. The number of fused-ring (bicyclic) bond motifs is 3. The summed E-state index contributed by atoms with van der Waals surface area (Å²) in [6.07, 6.45) is 1.83. The Morgan fingerprint density at radius 2 is 1.35 bits per heavy atom. The summed E-state index contributed by atoms with van der Waals surface area (Å²) in [5, 5.41) is 2.52. The Balaban J connectivity index is 0.000000223. The van der Waals surface area contributed by atoms with Crippen LogP contribution in [0.5, 0.6) is 0 Å². The van der Waals surface area contributed by atoms with Crippen LogP contribution in [0, 0.1) is 26.0 Å². The zero-order valence-electron chi connectivity index (χ0n) is 25.6. The number of hydrogen-bond donors (Lipinski definition) is 0. The van der Waals surface area contributed by atoms with Crippen molar-refractivity contribution in [2.45, 2.75) is 13.8 Å². The SMILES string of the molecule is Cc1c[c-]c(-c2ccccn2)cc1-c1ccc2c(c1)c1ccccc1n2-c1ccccc1.Cc1cccc(-c2[c-]cccc2)n1.[Ir]. The van der Waals surface area contributed by atoms with Gasteiger partial charge in [0.25, 0.3) is 0 Å². The molecule has 4 heteroatoms. The van der Waals surface area contributed by atoms with E-state index < -0.39 is 0 Å². The van der Waals surface area contributed by atoms with E-state index in [0.29, 0.717) is 0 Å². The van der Waals surface area contributed by atoms with Crippen LogP contribution in [0.1, 0.15) is 11.3 Å². The second kappa shape index (κ2) is 13.9. The van der Waals surface area contributed by atoms with E-state index in [1.165, 1.54) is 44.2 Å². The van der Waals surface area contributed by atoms with Crippen molar-refractivity contribution in [1.82, 2.24) is 14.5 Å². The summed E-state index contributed by atoms with van der Waals surface area (Å²) < 4.78 is 2.35. The first-order valence-electron chi connectivity index (χ1n) is 15.1. The zero-order chi connectivity index (χ0) is 30.6. The van der Waals surface area contributed by atoms with E-state index in [0.717, 1.165) is 28.2 Å². The summed E-state index contributed by atoms with van der Waals surface area (Å²) in [7, 11) is 0. The molecule has 3 heterocycles. The van der Waals surface area contributed by atoms with E-state index >= 15 is 0 Å². The molecule has 225 valence electrons. The van der Waals surface area contributed by atoms with Crippen LogP contribution in [0.25, 0.3) is 61.1 Å². The molecule has 46 heavy (non-hydrogen) atoms. The molecule has 1 radical (unpaired) electrons. The summed E-state index contributed by atoms with van der Waals surface area (Å²) in [5.74, 6) is 0. The van der Waals surface area contributed by atoms with Gasteiger partial charge in [-0.3, -0.25) is 0 Å². The first kappa shape index (κ1) is 30.9. The van der Waals surface area contributed by atoms with E-state index in [1.807, 2.05) is 73.8 Å². The van der Waals surface area contributed by atoms with Gasteiger partial charge in [-0.05, 0) is 66.3 Å². The smallest absolute Gasteiger partial charge is 0.0541 e. The maximum absolute atomic E-state index is 4.51. The first-order valence-corrected chi connectivity index (χ1v) is 15.1. The standard InChI is InChI=1S/C30H21N2.C12H10N.Ir/c1-21-14-15-23(28-12-7-8-18-31-28)20-26(21)22-16-17-30-27(19-22)25-11-5-6-13-29(25)32(30)24-9-3-2-4-10-24;1-10-6-5-9-12(13-10)11-7-3-2-4-8-11;/h2-14,16-20H,1H3;2-7,9H,1H3;/q2*-1;. The topological polar surface area (TPSA) is 30.7 Å². The Hall–Kier alpha value is -5.15. The number of rotatable bonds is 4. The van der Waals surface area contributed by atoms with Crippen molar-refractivity contribution in [3.8, 4) is 39.3 Å². The zero-order valence-corrected chi connectivity index (χ0v) is 28.0. The fraction of sp³-hybridized carbons (Fsp3) is 0.0476.